The third kappa shape index (κ3) is 6.22. The van der Waals surface area contributed by atoms with Gasteiger partial charge in [0, 0.05) is 39.3 Å². The molecule has 2 aliphatic rings. The molecule has 1 heterocycles. The van der Waals surface area contributed by atoms with Gasteiger partial charge in [0.2, 0.25) is 5.91 Å². The standard InChI is InChI=1S/C16H31N5O/c1-3-18-16(19-9-6-13-4-5-13)20-14-7-10-21(11-8-14)12-15(22)17-2/h13-14H,3-12H2,1-2H3,(H,17,22)(H2,18,19,20). The van der Waals surface area contributed by atoms with Gasteiger partial charge in [-0.15, -0.1) is 0 Å². The van der Waals surface area contributed by atoms with Gasteiger partial charge in [0.15, 0.2) is 5.96 Å². The Morgan fingerprint density at radius 2 is 1.95 bits per heavy atom. The summed E-state index contributed by atoms with van der Waals surface area (Å²) in [6.45, 7) is 6.36. The van der Waals surface area contributed by atoms with Gasteiger partial charge in [0.1, 0.15) is 0 Å². The smallest absolute Gasteiger partial charge is 0.233 e. The van der Waals surface area contributed by atoms with E-state index in [1.807, 2.05) is 0 Å². The van der Waals surface area contributed by atoms with Crippen LogP contribution in [0.25, 0.3) is 0 Å². The van der Waals surface area contributed by atoms with Crippen LogP contribution in [0.4, 0.5) is 0 Å². The summed E-state index contributed by atoms with van der Waals surface area (Å²) in [5.41, 5.74) is 0. The van der Waals surface area contributed by atoms with Crippen LogP contribution in [0, 0.1) is 5.92 Å². The summed E-state index contributed by atoms with van der Waals surface area (Å²) in [6.07, 6.45) is 6.13. The summed E-state index contributed by atoms with van der Waals surface area (Å²) in [6, 6.07) is 0.458. The summed E-state index contributed by atoms with van der Waals surface area (Å²) in [7, 11) is 1.69. The van der Waals surface area contributed by atoms with Gasteiger partial charge >= 0.3 is 0 Å². The molecule has 126 valence electrons. The zero-order chi connectivity index (χ0) is 15.8. The molecule has 1 saturated heterocycles. The maximum atomic E-state index is 11.4. The first-order valence-electron chi connectivity index (χ1n) is 8.69. The predicted octanol–water partition coefficient (Wildman–Crippen LogP) is 0.552. The molecule has 0 unspecified atom stereocenters. The molecule has 0 spiro atoms. The summed E-state index contributed by atoms with van der Waals surface area (Å²) in [5, 5.41) is 9.57. The third-order valence-electron chi connectivity index (χ3n) is 4.42. The number of hydrogen-bond acceptors (Lipinski definition) is 3. The van der Waals surface area contributed by atoms with Gasteiger partial charge in [0.25, 0.3) is 0 Å². The van der Waals surface area contributed by atoms with Crippen molar-refractivity contribution >= 4 is 11.9 Å². The van der Waals surface area contributed by atoms with E-state index in [0.717, 1.165) is 50.9 Å². The normalized spacial score (nSPS) is 20.7. The van der Waals surface area contributed by atoms with E-state index < -0.39 is 0 Å². The van der Waals surface area contributed by atoms with E-state index in [4.69, 9.17) is 0 Å². The first-order chi connectivity index (χ1) is 10.7. The molecule has 0 atom stereocenters. The molecule has 3 N–H and O–H groups in total. The number of likely N-dealkylation sites (N-methyl/N-ethyl adjacent to an activating group) is 1. The minimum atomic E-state index is 0.0985. The first-order valence-corrected chi connectivity index (χ1v) is 8.69. The number of likely N-dealkylation sites (tertiary alicyclic amines) is 1. The van der Waals surface area contributed by atoms with Crippen molar-refractivity contribution in [2.75, 3.05) is 39.8 Å². The van der Waals surface area contributed by atoms with E-state index in [-0.39, 0.29) is 5.91 Å². The quantitative estimate of drug-likeness (QED) is 0.475. The molecule has 1 saturated carbocycles. The van der Waals surface area contributed by atoms with Crippen LogP contribution in [-0.4, -0.2) is 62.6 Å². The van der Waals surface area contributed by atoms with Gasteiger partial charge in [-0.25, -0.2) is 0 Å². The average molecular weight is 309 g/mol. The summed E-state index contributed by atoms with van der Waals surface area (Å²) < 4.78 is 0. The predicted molar refractivity (Wildman–Crippen MR) is 90.0 cm³/mol. The van der Waals surface area contributed by atoms with Crippen LogP contribution in [0.2, 0.25) is 0 Å². The SMILES string of the molecule is CCNC(=NCCC1CC1)NC1CCN(CC(=O)NC)CC1. The monoisotopic (exact) mass is 309 g/mol. The van der Waals surface area contributed by atoms with Crippen molar-refractivity contribution in [1.29, 1.82) is 0 Å². The minimum Gasteiger partial charge on any atom is -0.358 e. The molecule has 22 heavy (non-hydrogen) atoms. The first kappa shape index (κ1) is 17.1. The molecular weight excluding hydrogens is 278 g/mol. The number of hydrogen-bond donors (Lipinski definition) is 3. The molecule has 1 amide bonds. The molecule has 2 rings (SSSR count). The number of carbonyl (C=O) groups is 1. The largest absolute Gasteiger partial charge is 0.358 e. The lowest BCUT2D eigenvalue weighted by Crippen LogP contribution is -2.50. The Balaban J connectivity index is 1.70. The van der Waals surface area contributed by atoms with E-state index in [2.05, 4.69) is 32.8 Å². The number of rotatable bonds is 7. The summed E-state index contributed by atoms with van der Waals surface area (Å²) in [4.78, 5) is 18.3. The van der Waals surface area contributed by atoms with Crippen molar-refractivity contribution in [3.63, 3.8) is 0 Å². The zero-order valence-corrected chi connectivity index (χ0v) is 14.0. The van der Waals surface area contributed by atoms with Crippen LogP contribution in [-0.2, 0) is 4.79 Å². The maximum Gasteiger partial charge on any atom is 0.233 e. The van der Waals surface area contributed by atoms with Crippen molar-refractivity contribution in [1.82, 2.24) is 20.9 Å². The molecule has 1 aliphatic heterocycles. The van der Waals surface area contributed by atoms with E-state index in [9.17, 15) is 4.79 Å². The number of piperidine rings is 1. The molecule has 0 radical (unpaired) electrons. The highest BCUT2D eigenvalue weighted by Crippen LogP contribution is 2.32. The van der Waals surface area contributed by atoms with E-state index in [1.54, 1.807) is 7.05 Å². The Bertz CT molecular complexity index is 373. The highest BCUT2D eigenvalue weighted by molar-refractivity contribution is 5.80. The highest BCUT2D eigenvalue weighted by Gasteiger charge is 2.22. The molecule has 6 heteroatoms. The van der Waals surface area contributed by atoms with Crippen LogP contribution in [0.15, 0.2) is 4.99 Å². The third-order valence-corrected chi connectivity index (χ3v) is 4.42. The minimum absolute atomic E-state index is 0.0985. The van der Waals surface area contributed by atoms with Crippen LogP contribution in [0.3, 0.4) is 0 Å². The Morgan fingerprint density at radius 1 is 1.23 bits per heavy atom. The number of nitrogens with zero attached hydrogens (tertiary/aromatic N) is 2. The topological polar surface area (TPSA) is 68.8 Å². The van der Waals surface area contributed by atoms with Crippen molar-refractivity contribution in [2.24, 2.45) is 10.9 Å². The second-order valence-corrected chi connectivity index (χ2v) is 6.36. The number of amides is 1. The summed E-state index contributed by atoms with van der Waals surface area (Å²) in [5.74, 6) is 1.98. The fourth-order valence-electron chi connectivity index (χ4n) is 2.80. The Hall–Kier alpha value is -1.30. The Kier molecular flexibility index (Phi) is 6.96. The van der Waals surface area contributed by atoms with Crippen molar-refractivity contribution in [2.45, 2.75) is 45.1 Å². The van der Waals surface area contributed by atoms with Crippen molar-refractivity contribution < 1.29 is 4.79 Å². The number of carbonyl (C=O) groups excluding carboxylic acids is 1. The maximum absolute atomic E-state index is 11.4. The summed E-state index contributed by atoms with van der Waals surface area (Å²) >= 11 is 0. The van der Waals surface area contributed by atoms with Gasteiger partial charge in [-0.2, -0.15) is 0 Å². The molecule has 0 bridgehead atoms. The molecule has 1 aliphatic carbocycles. The number of guanidine groups is 1. The van der Waals surface area contributed by atoms with Gasteiger partial charge in [0.05, 0.1) is 6.54 Å². The van der Waals surface area contributed by atoms with Crippen LogP contribution >= 0.6 is 0 Å². The second kappa shape index (κ2) is 8.98. The molecule has 6 nitrogen and oxygen atoms in total. The van der Waals surface area contributed by atoms with Gasteiger partial charge in [-0.05, 0) is 32.1 Å². The zero-order valence-electron chi connectivity index (χ0n) is 14.0. The molecule has 0 aromatic carbocycles. The van der Waals surface area contributed by atoms with E-state index >= 15 is 0 Å². The van der Waals surface area contributed by atoms with Crippen molar-refractivity contribution in [3.05, 3.63) is 0 Å². The Labute approximate surface area is 134 Å². The number of aliphatic imine (C=N–C) groups is 1. The fraction of sp³-hybridized carbons (Fsp3) is 0.875. The average Bonchev–Trinajstić information content (AvgIpc) is 3.33. The second-order valence-electron chi connectivity index (χ2n) is 6.36. The van der Waals surface area contributed by atoms with Gasteiger partial charge in [-0.3, -0.25) is 14.7 Å². The highest BCUT2D eigenvalue weighted by atomic mass is 16.1. The van der Waals surface area contributed by atoms with E-state index in [1.165, 1.54) is 19.3 Å². The van der Waals surface area contributed by atoms with Crippen molar-refractivity contribution in [3.8, 4) is 0 Å². The van der Waals surface area contributed by atoms with E-state index in [0.29, 0.717) is 12.6 Å². The Morgan fingerprint density at radius 3 is 2.55 bits per heavy atom. The molecule has 2 fully saturated rings. The van der Waals surface area contributed by atoms with Gasteiger partial charge < -0.3 is 16.0 Å². The fourth-order valence-corrected chi connectivity index (χ4v) is 2.80. The lowest BCUT2D eigenvalue weighted by atomic mass is 10.1. The lowest BCUT2D eigenvalue weighted by molar-refractivity contribution is -0.122. The van der Waals surface area contributed by atoms with Crippen LogP contribution in [0.5, 0.6) is 0 Å². The van der Waals surface area contributed by atoms with Gasteiger partial charge in [-0.1, -0.05) is 12.8 Å². The molecular formula is C16H31N5O. The lowest BCUT2D eigenvalue weighted by Gasteiger charge is -2.32. The number of nitrogens with one attached hydrogen (secondary N) is 3. The molecule has 0 aromatic heterocycles. The molecule has 0 aromatic rings. The van der Waals surface area contributed by atoms with Crippen LogP contribution in [0.1, 0.15) is 39.0 Å². The van der Waals surface area contributed by atoms with Crippen LogP contribution < -0.4 is 16.0 Å².